The predicted molar refractivity (Wildman–Crippen MR) is 95.0 cm³/mol. The number of nitrogens with zero attached hydrogens (tertiary/aromatic N) is 1. The van der Waals surface area contributed by atoms with Gasteiger partial charge in [-0.3, -0.25) is 4.79 Å². The minimum atomic E-state index is -3.60. The second-order valence-electron chi connectivity index (χ2n) is 5.68. The number of thiazole rings is 1. The van der Waals surface area contributed by atoms with Gasteiger partial charge in [-0.05, 0) is 37.1 Å². The molecule has 1 aliphatic rings. The molecular weight excluding hydrogens is 389 g/mol. The molecule has 10 heteroatoms. The highest BCUT2D eigenvalue weighted by Gasteiger charge is 2.37. The number of nitrogens with one attached hydrogen (secondary N) is 2. The van der Waals surface area contributed by atoms with Crippen molar-refractivity contribution in [3.63, 3.8) is 0 Å². The second kappa shape index (κ2) is 6.99. The topological polar surface area (TPSA) is 88.2 Å². The maximum atomic E-state index is 13.4. The predicted octanol–water partition coefficient (Wildman–Crippen LogP) is 2.47. The van der Waals surface area contributed by atoms with E-state index in [2.05, 4.69) is 15.0 Å². The van der Waals surface area contributed by atoms with Crippen molar-refractivity contribution in [3.8, 4) is 0 Å². The van der Waals surface area contributed by atoms with Crippen LogP contribution in [0.1, 0.15) is 22.7 Å². The van der Waals surface area contributed by atoms with Crippen LogP contribution in [0, 0.1) is 12.7 Å². The first-order valence-electron chi connectivity index (χ1n) is 7.45. The van der Waals surface area contributed by atoms with Crippen LogP contribution in [0.4, 0.5) is 9.39 Å². The summed E-state index contributed by atoms with van der Waals surface area (Å²) in [6.45, 7) is 1.98. The molecule has 1 atom stereocenters. The summed E-state index contributed by atoms with van der Waals surface area (Å²) in [5.74, 6) is -1.000. The average molecular weight is 404 g/mol. The summed E-state index contributed by atoms with van der Waals surface area (Å²) in [5.41, 5.74) is 1.25. The Balaban J connectivity index is 1.75. The molecule has 25 heavy (non-hydrogen) atoms. The van der Waals surface area contributed by atoms with Crippen LogP contribution in [0.5, 0.6) is 0 Å². The summed E-state index contributed by atoms with van der Waals surface area (Å²) in [6.07, 6.45) is 0.600. The van der Waals surface area contributed by atoms with Gasteiger partial charge in [0.15, 0.2) is 5.25 Å². The minimum absolute atomic E-state index is 0.237. The summed E-state index contributed by atoms with van der Waals surface area (Å²) >= 11 is 7.07. The van der Waals surface area contributed by atoms with E-state index >= 15 is 0 Å². The van der Waals surface area contributed by atoms with E-state index in [0.717, 1.165) is 0 Å². The monoisotopic (exact) mass is 403 g/mol. The highest BCUT2D eigenvalue weighted by atomic mass is 35.5. The molecule has 1 unspecified atom stereocenters. The number of aromatic nitrogens is 1. The normalized spacial score (nSPS) is 19.1. The van der Waals surface area contributed by atoms with Crippen molar-refractivity contribution in [2.24, 2.45) is 0 Å². The summed E-state index contributed by atoms with van der Waals surface area (Å²) in [6, 6.07) is 4.24. The molecule has 0 radical (unpaired) electrons. The maximum Gasteiger partial charge on any atom is 0.244 e. The van der Waals surface area contributed by atoms with E-state index in [1.54, 1.807) is 13.0 Å². The van der Waals surface area contributed by atoms with Crippen molar-refractivity contribution in [2.45, 2.75) is 25.0 Å². The Labute approximate surface area is 153 Å². The molecule has 0 bridgehead atoms. The van der Waals surface area contributed by atoms with Gasteiger partial charge in [-0.2, -0.15) is 0 Å². The van der Waals surface area contributed by atoms with E-state index < -0.39 is 27.0 Å². The van der Waals surface area contributed by atoms with Crippen molar-refractivity contribution in [1.82, 2.24) is 9.71 Å². The van der Waals surface area contributed by atoms with E-state index in [-0.39, 0.29) is 13.0 Å². The number of rotatable bonds is 4. The summed E-state index contributed by atoms with van der Waals surface area (Å²) in [4.78, 5) is 16.6. The van der Waals surface area contributed by atoms with Gasteiger partial charge in [0.05, 0.1) is 10.7 Å². The molecule has 2 N–H and O–H groups in total. The first-order valence-corrected chi connectivity index (χ1v) is 10.2. The zero-order valence-electron chi connectivity index (χ0n) is 13.2. The first kappa shape index (κ1) is 18.2. The zero-order valence-corrected chi connectivity index (χ0v) is 15.6. The molecule has 6 nitrogen and oxygen atoms in total. The van der Waals surface area contributed by atoms with Gasteiger partial charge >= 0.3 is 0 Å². The van der Waals surface area contributed by atoms with Crippen LogP contribution >= 0.6 is 22.9 Å². The number of benzene rings is 1. The fourth-order valence-corrected chi connectivity index (χ4v) is 5.20. The number of carbonyl (C=O) groups is 1. The lowest BCUT2D eigenvalue weighted by Crippen LogP contribution is -2.34. The number of amides is 1. The van der Waals surface area contributed by atoms with Gasteiger partial charge < -0.3 is 5.32 Å². The molecule has 0 saturated carbocycles. The molecule has 0 aliphatic carbocycles. The van der Waals surface area contributed by atoms with Gasteiger partial charge in [0.25, 0.3) is 0 Å². The Morgan fingerprint density at radius 3 is 2.88 bits per heavy atom. The van der Waals surface area contributed by atoms with E-state index in [1.165, 1.54) is 23.5 Å². The van der Waals surface area contributed by atoms with Crippen LogP contribution in [0.25, 0.3) is 0 Å². The van der Waals surface area contributed by atoms with Crippen molar-refractivity contribution in [2.75, 3.05) is 11.9 Å². The number of aryl methyl sites for hydroxylation is 1. The highest BCUT2D eigenvalue weighted by Crippen LogP contribution is 2.28. The molecule has 1 aromatic heterocycles. The van der Waals surface area contributed by atoms with Crippen LogP contribution < -0.4 is 10.0 Å². The van der Waals surface area contributed by atoms with Gasteiger partial charge in [0.2, 0.25) is 15.9 Å². The van der Waals surface area contributed by atoms with E-state index in [9.17, 15) is 17.6 Å². The SMILES string of the molecule is Cc1nc(Cc2cc(F)cc(Cl)c2)sc1NC(=O)C1CCNS1(=O)=O. The van der Waals surface area contributed by atoms with Gasteiger partial charge in [-0.1, -0.05) is 11.6 Å². The van der Waals surface area contributed by atoms with E-state index in [4.69, 9.17) is 11.6 Å². The van der Waals surface area contributed by atoms with Crippen LogP contribution in [0.2, 0.25) is 5.02 Å². The van der Waals surface area contributed by atoms with E-state index in [0.29, 0.717) is 32.7 Å². The lowest BCUT2D eigenvalue weighted by Gasteiger charge is -2.08. The Bertz CT molecular complexity index is 910. The van der Waals surface area contributed by atoms with Crippen molar-refractivity contribution < 1.29 is 17.6 Å². The molecular formula is C15H15ClFN3O3S2. The molecule has 0 spiro atoms. The third-order valence-electron chi connectivity index (χ3n) is 3.73. The molecule has 1 aromatic carbocycles. The standard InChI is InChI=1S/C15H15ClFN3O3S2/c1-8-15(20-14(21)12-2-3-18-25(12,22)23)24-13(19-8)6-9-4-10(16)7-11(17)5-9/h4-5,7,12,18H,2-3,6H2,1H3,(H,20,21). The molecule has 134 valence electrons. The zero-order chi connectivity index (χ0) is 18.2. The molecule has 1 amide bonds. The van der Waals surface area contributed by atoms with Crippen LogP contribution in [-0.4, -0.2) is 31.1 Å². The summed E-state index contributed by atoms with van der Waals surface area (Å²) in [5, 5.41) is 3.00. The molecule has 3 rings (SSSR count). The largest absolute Gasteiger partial charge is 0.315 e. The average Bonchev–Trinajstić information content (AvgIpc) is 3.00. The van der Waals surface area contributed by atoms with Crippen molar-refractivity contribution >= 4 is 43.9 Å². The number of hydrogen-bond donors (Lipinski definition) is 2. The second-order valence-corrected chi connectivity index (χ2v) is 9.15. The number of carbonyl (C=O) groups excluding carboxylic acids is 1. The van der Waals surface area contributed by atoms with Crippen LogP contribution in [0.3, 0.4) is 0 Å². The minimum Gasteiger partial charge on any atom is -0.315 e. The van der Waals surface area contributed by atoms with Gasteiger partial charge in [-0.15, -0.1) is 11.3 Å². The van der Waals surface area contributed by atoms with Crippen molar-refractivity contribution in [1.29, 1.82) is 0 Å². The fraction of sp³-hybridized carbons (Fsp3) is 0.333. The van der Waals surface area contributed by atoms with Gasteiger partial charge in [0.1, 0.15) is 10.8 Å². The number of sulfonamides is 1. The molecule has 1 fully saturated rings. The highest BCUT2D eigenvalue weighted by molar-refractivity contribution is 7.91. The van der Waals surface area contributed by atoms with Crippen molar-refractivity contribution in [3.05, 3.63) is 45.3 Å². The number of anilines is 1. The third kappa shape index (κ3) is 4.17. The Kier molecular flexibility index (Phi) is 5.10. The smallest absolute Gasteiger partial charge is 0.244 e. The quantitative estimate of drug-likeness (QED) is 0.820. The third-order valence-corrected chi connectivity index (χ3v) is 6.83. The molecule has 1 saturated heterocycles. The molecule has 2 heterocycles. The summed E-state index contributed by atoms with van der Waals surface area (Å²) in [7, 11) is -3.60. The van der Waals surface area contributed by atoms with Crippen LogP contribution in [0.15, 0.2) is 18.2 Å². The van der Waals surface area contributed by atoms with Gasteiger partial charge in [-0.25, -0.2) is 22.5 Å². The molecule has 1 aliphatic heterocycles. The molecule has 2 aromatic rings. The van der Waals surface area contributed by atoms with Gasteiger partial charge in [0, 0.05) is 18.0 Å². The fourth-order valence-electron chi connectivity index (χ4n) is 2.58. The first-order chi connectivity index (χ1) is 11.7. The Morgan fingerprint density at radius 2 is 2.24 bits per heavy atom. The van der Waals surface area contributed by atoms with E-state index in [1.807, 2.05) is 0 Å². The lowest BCUT2D eigenvalue weighted by molar-refractivity contribution is -0.115. The Hall–Kier alpha value is -1.55. The number of halogens is 2. The summed E-state index contributed by atoms with van der Waals surface area (Å²) < 4.78 is 39.3. The Morgan fingerprint density at radius 1 is 1.48 bits per heavy atom. The van der Waals surface area contributed by atoms with Crippen LogP contribution in [-0.2, 0) is 21.2 Å². The lowest BCUT2D eigenvalue weighted by atomic mass is 10.1. The number of hydrogen-bond acceptors (Lipinski definition) is 5. The maximum absolute atomic E-state index is 13.4.